The van der Waals surface area contributed by atoms with Crippen LogP contribution >= 0.6 is 27.7 Å². The minimum absolute atomic E-state index is 0.0214. The number of hydrogen-bond acceptors (Lipinski definition) is 7. The van der Waals surface area contributed by atoms with Crippen LogP contribution in [-0.2, 0) is 25.7 Å². The second kappa shape index (κ2) is 12.7. The fourth-order valence-electron chi connectivity index (χ4n) is 7.19. The molecular formula is C31H37BrN4O5S. The van der Waals surface area contributed by atoms with E-state index < -0.39 is 28.7 Å². The smallest absolute Gasteiger partial charge is 0.244 e. The molecule has 4 aliphatic heterocycles. The van der Waals surface area contributed by atoms with Gasteiger partial charge in [0.1, 0.15) is 6.04 Å². The maximum atomic E-state index is 14.5. The van der Waals surface area contributed by atoms with Crippen molar-refractivity contribution < 1.29 is 24.2 Å². The number of halogens is 1. The Kier molecular flexibility index (Phi) is 8.93. The summed E-state index contributed by atoms with van der Waals surface area (Å²) in [5, 5.41) is 16.7. The van der Waals surface area contributed by atoms with Gasteiger partial charge in [0.15, 0.2) is 0 Å². The van der Waals surface area contributed by atoms with Crippen LogP contribution in [-0.4, -0.2) is 99.5 Å². The lowest BCUT2D eigenvalue weighted by molar-refractivity contribution is -0.143. The average Bonchev–Trinajstić information content (AvgIpc) is 3.61. The number of fused-ring (bicyclic) bond motifs is 1. The molecule has 4 heterocycles. The van der Waals surface area contributed by atoms with Crippen molar-refractivity contribution in [3.63, 3.8) is 0 Å². The van der Waals surface area contributed by atoms with Crippen LogP contribution in [0.3, 0.4) is 0 Å². The second-order valence-electron chi connectivity index (χ2n) is 11.5. The van der Waals surface area contributed by atoms with E-state index in [1.807, 2.05) is 60.7 Å². The average molecular weight is 658 g/mol. The molecule has 1 spiro atoms. The number of nitrogens with one attached hydrogen (secondary N) is 2. The van der Waals surface area contributed by atoms with Crippen LogP contribution in [0.5, 0.6) is 0 Å². The molecule has 3 unspecified atom stereocenters. The molecule has 0 aromatic heterocycles. The molecule has 4 saturated heterocycles. The first-order chi connectivity index (χ1) is 20.4. The van der Waals surface area contributed by atoms with Gasteiger partial charge in [0.25, 0.3) is 0 Å². The van der Waals surface area contributed by atoms with Crippen LogP contribution < -0.4 is 10.6 Å². The van der Waals surface area contributed by atoms with E-state index in [1.165, 1.54) is 0 Å². The van der Waals surface area contributed by atoms with Crippen molar-refractivity contribution >= 4 is 45.4 Å². The van der Waals surface area contributed by atoms with Crippen molar-refractivity contribution in [2.45, 2.75) is 39.9 Å². The van der Waals surface area contributed by atoms with Gasteiger partial charge < -0.3 is 25.4 Å². The molecule has 9 nitrogen and oxygen atoms in total. The van der Waals surface area contributed by atoms with E-state index in [9.17, 15) is 19.5 Å². The van der Waals surface area contributed by atoms with Gasteiger partial charge in [-0.3, -0.25) is 19.3 Å². The third kappa shape index (κ3) is 5.38. The number of benzene rings is 2. The first kappa shape index (κ1) is 29.6. The summed E-state index contributed by atoms with van der Waals surface area (Å²) in [6.45, 7) is 4.17. The van der Waals surface area contributed by atoms with Gasteiger partial charge in [-0.2, -0.15) is 0 Å². The fraction of sp³-hybridized carbons (Fsp3) is 0.516. The number of rotatable bonds is 10. The summed E-state index contributed by atoms with van der Waals surface area (Å²) < 4.78 is 4.66. The van der Waals surface area contributed by atoms with E-state index in [4.69, 9.17) is 4.74 Å². The van der Waals surface area contributed by atoms with Gasteiger partial charge in [0.2, 0.25) is 17.7 Å². The van der Waals surface area contributed by atoms with Crippen molar-refractivity contribution in [1.82, 2.24) is 20.4 Å². The maximum Gasteiger partial charge on any atom is 0.244 e. The van der Waals surface area contributed by atoms with Gasteiger partial charge in [-0.1, -0.05) is 76.6 Å². The molecule has 2 aromatic carbocycles. The molecule has 7 atom stereocenters. The Morgan fingerprint density at radius 1 is 1.05 bits per heavy atom. The number of aliphatic hydroxyl groups is 1. The molecule has 4 fully saturated rings. The number of amides is 3. The van der Waals surface area contributed by atoms with Crippen LogP contribution in [0.1, 0.15) is 23.6 Å². The highest BCUT2D eigenvalue weighted by Gasteiger charge is 2.76. The lowest BCUT2D eigenvalue weighted by Gasteiger charge is -2.37. The SMILES string of the molecule is O=C(NCCN1CCOCC1)C1N([C@H](CO)c2ccccc2)C(=O)[C@@H]2[C@H](C(=O)NCc3ccccc3)[C@H]3SC12CC3Br. The summed E-state index contributed by atoms with van der Waals surface area (Å²) in [5.74, 6) is -1.89. The van der Waals surface area contributed by atoms with Crippen molar-refractivity contribution in [3.05, 3.63) is 71.8 Å². The van der Waals surface area contributed by atoms with Crippen LogP contribution in [0.15, 0.2) is 60.7 Å². The third-order valence-corrected chi connectivity index (χ3v) is 12.3. The highest BCUT2D eigenvalue weighted by Crippen LogP contribution is 2.68. The van der Waals surface area contributed by atoms with E-state index in [0.29, 0.717) is 39.3 Å². The quantitative estimate of drug-likeness (QED) is 0.335. The van der Waals surface area contributed by atoms with E-state index in [1.54, 1.807) is 16.7 Å². The van der Waals surface area contributed by atoms with E-state index in [-0.39, 0.29) is 34.4 Å². The van der Waals surface area contributed by atoms with Crippen LogP contribution in [0.4, 0.5) is 0 Å². The second-order valence-corrected chi connectivity index (χ2v) is 14.2. The standard InChI is InChI=1S/C31H37BrN4O5S/c32-22-17-31-25(24(26(22)42-31)28(38)34-18-20-7-3-1-4-8-20)30(40)36(23(19-37)21-9-5-2-6-10-21)27(31)29(39)33-11-12-35-13-15-41-16-14-35/h1-10,22-27,37H,11-19H2,(H,33,39)(H,34,38)/t22?,23-,24+,25+,26+,27?,31?/m1/s1. The molecule has 0 saturated carbocycles. The van der Waals surface area contributed by atoms with E-state index in [0.717, 1.165) is 24.2 Å². The number of likely N-dealkylation sites (tertiary alicyclic amines) is 1. The summed E-state index contributed by atoms with van der Waals surface area (Å²) in [5.41, 5.74) is 1.74. The molecule has 0 radical (unpaired) electrons. The highest BCUT2D eigenvalue weighted by atomic mass is 79.9. The largest absolute Gasteiger partial charge is 0.394 e. The van der Waals surface area contributed by atoms with Crippen molar-refractivity contribution in [2.75, 3.05) is 46.0 Å². The molecule has 224 valence electrons. The lowest BCUT2D eigenvalue weighted by atomic mass is 9.70. The minimum atomic E-state index is -0.820. The Balaban J connectivity index is 1.29. The Hall–Kier alpha value is -2.44. The van der Waals surface area contributed by atoms with Gasteiger partial charge >= 0.3 is 0 Å². The van der Waals surface area contributed by atoms with Crippen molar-refractivity contribution in [1.29, 1.82) is 0 Å². The number of nitrogens with zero attached hydrogens (tertiary/aromatic N) is 2. The van der Waals surface area contributed by atoms with Gasteiger partial charge in [-0.15, -0.1) is 11.8 Å². The fourth-order valence-corrected chi connectivity index (χ4v) is 10.8. The van der Waals surface area contributed by atoms with Gasteiger partial charge in [-0.05, 0) is 17.5 Å². The van der Waals surface area contributed by atoms with Crippen molar-refractivity contribution in [3.8, 4) is 0 Å². The van der Waals surface area contributed by atoms with E-state index in [2.05, 4.69) is 31.5 Å². The van der Waals surface area contributed by atoms with Gasteiger partial charge in [0.05, 0.1) is 42.4 Å². The molecule has 4 aliphatic rings. The summed E-state index contributed by atoms with van der Waals surface area (Å²) in [7, 11) is 0. The zero-order valence-corrected chi connectivity index (χ0v) is 25.8. The number of morpholine rings is 1. The summed E-state index contributed by atoms with van der Waals surface area (Å²) >= 11 is 5.43. The summed E-state index contributed by atoms with van der Waals surface area (Å²) in [6.07, 6.45) is 0.589. The number of thioether (sulfide) groups is 1. The van der Waals surface area contributed by atoms with Crippen LogP contribution in [0.25, 0.3) is 0 Å². The third-order valence-electron chi connectivity index (χ3n) is 9.11. The zero-order valence-electron chi connectivity index (χ0n) is 23.4. The molecule has 11 heteroatoms. The van der Waals surface area contributed by atoms with Crippen LogP contribution in [0, 0.1) is 11.8 Å². The Morgan fingerprint density at radius 2 is 1.74 bits per heavy atom. The summed E-state index contributed by atoms with van der Waals surface area (Å²) in [6, 6.07) is 17.5. The highest BCUT2D eigenvalue weighted by molar-refractivity contribution is 9.09. The van der Waals surface area contributed by atoms with E-state index >= 15 is 0 Å². The Labute approximate surface area is 258 Å². The minimum Gasteiger partial charge on any atom is -0.394 e. The number of ether oxygens (including phenoxy) is 1. The predicted octanol–water partition coefficient (Wildman–Crippen LogP) is 1.95. The number of aliphatic hydroxyl groups excluding tert-OH is 1. The molecule has 42 heavy (non-hydrogen) atoms. The van der Waals surface area contributed by atoms with Crippen LogP contribution in [0.2, 0.25) is 0 Å². The molecule has 3 N–H and O–H groups in total. The van der Waals surface area contributed by atoms with Gasteiger partial charge in [0, 0.05) is 42.8 Å². The zero-order chi connectivity index (χ0) is 29.3. The Morgan fingerprint density at radius 3 is 2.43 bits per heavy atom. The topological polar surface area (TPSA) is 111 Å². The first-order valence-corrected chi connectivity index (χ1v) is 16.4. The van der Waals surface area contributed by atoms with Gasteiger partial charge in [-0.25, -0.2) is 0 Å². The molecule has 2 bridgehead atoms. The molecular weight excluding hydrogens is 620 g/mol. The number of carbonyl (C=O) groups is 3. The first-order valence-electron chi connectivity index (χ1n) is 14.6. The molecule has 0 aliphatic carbocycles. The summed E-state index contributed by atoms with van der Waals surface area (Å²) in [4.78, 5) is 46.3. The Bertz CT molecular complexity index is 1280. The van der Waals surface area contributed by atoms with Crippen molar-refractivity contribution in [2.24, 2.45) is 11.8 Å². The number of carbonyl (C=O) groups excluding carboxylic acids is 3. The number of hydrogen-bond donors (Lipinski definition) is 3. The molecule has 2 aromatic rings. The monoisotopic (exact) mass is 656 g/mol. The maximum absolute atomic E-state index is 14.5. The number of alkyl halides is 1. The molecule has 3 amide bonds. The molecule has 6 rings (SSSR count). The predicted molar refractivity (Wildman–Crippen MR) is 164 cm³/mol. The lowest BCUT2D eigenvalue weighted by Crippen LogP contribution is -2.56. The normalized spacial score (nSPS) is 31.1.